The number of aromatic carboxylic acids is 1. The van der Waals surface area contributed by atoms with Crippen LogP contribution in [0.1, 0.15) is 27.0 Å². The second-order valence-corrected chi connectivity index (χ2v) is 7.28. The molecule has 0 aliphatic rings. The van der Waals surface area contributed by atoms with E-state index in [9.17, 15) is 18.7 Å². The van der Waals surface area contributed by atoms with Crippen LogP contribution in [0.3, 0.4) is 0 Å². The molecule has 1 unspecified atom stereocenters. The first-order valence-corrected chi connectivity index (χ1v) is 9.90. The second-order valence-electron chi connectivity index (χ2n) is 6.45. The van der Waals surface area contributed by atoms with Crippen molar-refractivity contribution in [3.05, 3.63) is 95.1 Å². The number of aryl methyl sites for hydroxylation is 3. The fourth-order valence-electron chi connectivity index (χ4n) is 3.13. The Labute approximate surface area is 166 Å². The summed E-state index contributed by atoms with van der Waals surface area (Å²) < 4.78 is 23.4. The summed E-state index contributed by atoms with van der Waals surface area (Å²) in [7, 11) is 0. The van der Waals surface area contributed by atoms with Crippen molar-refractivity contribution in [2.75, 3.05) is 4.31 Å². The third kappa shape index (κ3) is 4.47. The number of carbonyl (C=O) groups is 1. The summed E-state index contributed by atoms with van der Waals surface area (Å²) in [5.41, 5.74) is 4.18. The van der Waals surface area contributed by atoms with Gasteiger partial charge in [0.1, 0.15) is 0 Å². The quantitative estimate of drug-likeness (QED) is 0.566. The lowest BCUT2D eigenvalue weighted by Crippen LogP contribution is -2.20. The van der Waals surface area contributed by atoms with Crippen LogP contribution in [-0.2, 0) is 24.1 Å². The van der Waals surface area contributed by atoms with Crippen molar-refractivity contribution in [2.24, 2.45) is 0 Å². The molecule has 28 heavy (non-hydrogen) atoms. The molecule has 3 rings (SSSR count). The third-order valence-electron chi connectivity index (χ3n) is 4.55. The Balaban J connectivity index is 1.93. The molecule has 0 amide bonds. The summed E-state index contributed by atoms with van der Waals surface area (Å²) in [6, 6.07) is 21.7. The smallest absolute Gasteiger partial charge is 0.335 e. The van der Waals surface area contributed by atoms with Gasteiger partial charge in [-0.15, -0.1) is 0 Å². The topological polar surface area (TPSA) is 77.8 Å². The molecular weight excluding hydrogens is 374 g/mol. The molecule has 0 bridgehead atoms. The Kier molecular flexibility index (Phi) is 6.23. The minimum Gasteiger partial charge on any atom is -0.478 e. The predicted octanol–water partition coefficient (Wildman–Crippen LogP) is 4.75. The van der Waals surface area contributed by atoms with E-state index in [-0.39, 0.29) is 5.56 Å². The molecule has 2 N–H and O–H groups in total. The van der Waals surface area contributed by atoms with E-state index in [1.807, 2.05) is 43.3 Å². The van der Waals surface area contributed by atoms with Gasteiger partial charge in [-0.3, -0.25) is 4.55 Å². The number of rotatable bonds is 7. The van der Waals surface area contributed by atoms with Crippen LogP contribution in [0.15, 0.2) is 72.8 Å². The first-order chi connectivity index (χ1) is 13.5. The van der Waals surface area contributed by atoms with Crippen LogP contribution in [-0.4, -0.2) is 19.8 Å². The molecule has 1 atom stereocenters. The maximum Gasteiger partial charge on any atom is 0.335 e. The first-order valence-electron chi connectivity index (χ1n) is 8.84. The number of benzene rings is 3. The van der Waals surface area contributed by atoms with E-state index in [4.69, 9.17) is 0 Å². The molecule has 0 saturated carbocycles. The van der Waals surface area contributed by atoms with Gasteiger partial charge in [0, 0.05) is 0 Å². The largest absolute Gasteiger partial charge is 0.478 e. The van der Waals surface area contributed by atoms with Crippen LogP contribution in [0.4, 0.5) is 11.4 Å². The van der Waals surface area contributed by atoms with E-state index >= 15 is 0 Å². The van der Waals surface area contributed by atoms with Crippen molar-refractivity contribution in [3.63, 3.8) is 0 Å². The molecule has 6 heteroatoms. The van der Waals surface area contributed by atoms with Crippen molar-refractivity contribution < 1.29 is 18.7 Å². The van der Waals surface area contributed by atoms with Gasteiger partial charge in [0.25, 0.3) is 11.3 Å². The van der Waals surface area contributed by atoms with E-state index in [2.05, 4.69) is 0 Å². The Hall–Kier alpha value is -2.96. The highest BCUT2D eigenvalue weighted by atomic mass is 32.2. The van der Waals surface area contributed by atoms with Crippen molar-refractivity contribution in [2.45, 2.75) is 19.8 Å². The second kappa shape index (κ2) is 8.82. The molecule has 0 aliphatic carbocycles. The summed E-state index contributed by atoms with van der Waals surface area (Å²) in [6.07, 6.45) is 1.05. The maximum atomic E-state index is 12.1. The van der Waals surface area contributed by atoms with Crippen LogP contribution in [0.25, 0.3) is 0 Å². The van der Waals surface area contributed by atoms with Gasteiger partial charge in [-0.25, -0.2) is 13.3 Å². The van der Waals surface area contributed by atoms with Gasteiger partial charge in [0.05, 0.1) is 16.9 Å². The molecule has 0 fully saturated rings. The zero-order valence-corrected chi connectivity index (χ0v) is 16.2. The van der Waals surface area contributed by atoms with Crippen LogP contribution < -0.4 is 4.31 Å². The lowest BCUT2D eigenvalue weighted by molar-refractivity contribution is 0.0695. The average Bonchev–Trinajstić information content (AvgIpc) is 2.69. The van der Waals surface area contributed by atoms with Gasteiger partial charge in [0.15, 0.2) is 0 Å². The van der Waals surface area contributed by atoms with Gasteiger partial charge in [0.2, 0.25) is 0 Å². The Bertz CT molecular complexity index is 1000. The standard InChI is InChI=1S/C22H21NO4S/c1-16-10-14-19(15-11-16)23(28(26)27)21-9-5-3-7-18(21)13-12-17-6-2-4-8-20(17)22(24)25/h2-11,14-15H,12-13H2,1H3,(H,24,25)(H,26,27). The van der Waals surface area contributed by atoms with E-state index in [0.717, 1.165) is 16.7 Å². The van der Waals surface area contributed by atoms with Gasteiger partial charge < -0.3 is 5.11 Å². The number of para-hydroxylation sites is 1. The third-order valence-corrected chi connectivity index (χ3v) is 5.27. The van der Waals surface area contributed by atoms with Crippen molar-refractivity contribution in [1.29, 1.82) is 0 Å². The van der Waals surface area contributed by atoms with Gasteiger partial charge in [-0.2, -0.15) is 0 Å². The molecule has 144 valence electrons. The minimum absolute atomic E-state index is 0.279. The summed E-state index contributed by atoms with van der Waals surface area (Å²) in [6.45, 7) is 1.96. The molecule has 0 spiro atoms. The lowest BCUT2D eigenvalue weighted by Gasteiger charge is -2.23. The minimum atomic E-state index is -2.24. The van der Waals surface area contributed by atoms with E-state index in [1.54, 1.807) is 36.4 Å². The molecule has 3 aromatic rings. The monoisotopic (exact) mass is 395 g/mol. The van der Waals surface area contributed by atoms with Gasteiger partial charge >= 0.3 is 5.97 Å². The highest BCUT2D eigenvalue weighted by Crippen LogP contribution is 2.31. The van der Waals surface area contributed by atoms with Crippen LogP contribution >= 0.6 is 0 Å². The van der Waals surface area contributed by atoms with E-state index in [0.29, 0.717) is 24.2 Å². The number of carboxylic acids is 1. The highest BCUT2D eigenvalue weighted by Gasteiger charge is 2.18. The fourth-order valence-corrected chi connectivity index (χ4v) is 3.78. The number of nitrogens with zero attached hydrogens (tertiary/aromatic N) is 1. The lowest BCUT2D eigenvalue weighted by atomic mass is 9.99. The van der Waals surface area contributed by atoms with Crippen molar-refractivity contribution >= 4 is 28.6 Å². The first kappa shape index (κ1) is 19.8. The Morgan fingerprint density at radius 2 is 1.46 bits per heavy atom. The molecule has 0 aromatic heterocycles. The van der Waals surface area contributed by atoms with Crippen LogP contribution in [0.2, 0.25) is 0 Å². The van der Waals surface area contributed by atoms with Crippen molar-refractivity contribution in [3.8, 4) is 0 Å². The zero-order chi connectivity index (χ0) is 20.1. The summed E-state index contributed by atoms with van der Waals surface area (Å²) in [5, 5.41) is 9.37. The fraction of sp³-hybridized carbons (Fsp3) is 0.136. The predicted molar refractivity (Wildman–Crippen MR) is 111 cm³/mol. The molecule has 0 radical (unpaired) electrons. The molecule has 3 aromatic carbocycles. The number of carboxylic acid groups (broad SMARTS) is 1. The summed E-state index contributed by atoms with van der Waals surface area (Å²) in [4.78, 5) is 11.4. The summed E-state index contributed by atoms with van der Waals surface area (Å²) in [5.74, 6) is -0.957. The molecule has 0 saturated heterocycles. The molecule has 0 heterocycles. The van der Waals surface area contributed by atoms with Gasteiger partial charge in [-0.1, -0.05) is 54.1 Å². The van der Waals surface area contributed by atoms with Gasteiger partial charge in [-0.05, 0) is 55.2 Å². The van der Waals surface area contributed by atoms with E-state index in [1.165, 1.54) is 4.31 Å². The highest BCUT2D eigenvalue weighted by molar-refractivity contribution is 7.81. The number of hydrogen-bond acceptors (Lipinski definition) is 2. The van der Waals surface area contributed by atoms with Crippen molar-refractivity contribution in [1.82, 2.24) is 0 Å². The normalized spacial score (nSPS) is 11.8. The van der Waals surface area contributed by atoms with Crippen LogP contribution in [0, 0.1) is 6.92 Å². The molecule has 0 aliphatic heterocycles. The summed E-state index contributed by atoms with van der Waals surface area (Å²) >= 11 is -2.24. The Morgan fingerprint density at radius 1 is 0.893 bits per heavy atom. The number of hydrogen-bond donors (Lipinski definition) is 2. The average molecular weight is 395 g/mol. The number of anilines is 2. The zero-order valence-electron chi connectivity index (χ0n) is 15.4. The SMILES string of the molecule is Cc1ccc(N(c2ccccc2CCc2ccccc2C(=O)O)S(=O)O)cc1. The molecular formula is C22H21NO4S. The molecule has 5 nitrogen and oxygen atoms in total. The van der Waals surface area contributed by atoms with Crippen LogP contribution in [0.5, 0.6) is 0 Å². The Morgan fingerprint density at radius 3 is 2.11 bits per heavy atom. The van der Waals surface area contributed by atoms with E-state index < -0.39 is 17.2 Å². The maximum absolute atomic E-state index is 12.1.